The van der Waals surface area contributed by atoms with E-state index in [2.05, 4.69) is 47.3 Å². The first-order valence-corrected chi connectivity index (χ1v) is 10.0. The fourth-order valence-corrected chi connectivity index (χ4v) is 3.05. The van der Waals surface area contributed by atoms with E-state index in [0.717, 1.165) is 10.0 Å². The molecule has 0 fully saturated rings. The molecule has 2 rings (SSSR count). The molecule has 2 amide bonds. The topological polar surface area (TPSA) is 67.4 Å². The van der Waals surface area contributed by atoms with Gasteiger partial charge in [-0.1, -0.05) is 39.8 Å². The van der Waals surface area contributed by atoms with Crippen LogP contribution in [0.3, 0.4) is 0 Å². The first kappa shape index (κ1) is 22.0. The maximum absolute atomic E-state index is 12.3. The van der Waals surface area contributed by atoms with Crippen LogP contribution >= 0.6 is 15.9 Å². The van der Waals surface area contributed by atoms with Gasteiger partial charge in [-0.2, -0.15) is 0 Å². The summed E-state index contributed by atoms with van der Waals surface area (Å²) >= 11 is 3.51. The van der Waals surface area contributed by atoms with Crippen LogP contribution in [0.15, 0.2) is 40.9 Å². The second-order valence-electron chi connectivity index (χ2n) is 7.61. The van der Waals surface area contributed by atoms with E-state index in [1.165, 1.54) is 5.56 Å². The van der Waals surface area contributed by atoms with Gasteiger partial charge in [-0.05, 0) is 63.7 Å². The standard InChI is InChI=1S/C22H27BrN2O3/c1-6-20(26)24-17-8-7-9-18(14(17)2)25-21(27)13-28-19-11-10-15(12-16(19)23)22(3,4)5/h7-12H,6,13H2,1-5H3,(H,24,26)(H,25,27). The summed E-state index contributed by atoms with van der Waals surface area (Å²) < 4.78 is 6.47. The van der Waals surface area contributed by atoms with Crippen LogP contribution in [0.5, 0.6) is 5.75 Å². The second kappa shape index (κ2) is 9.24. The molecule has 2 aromatic carbocycles. The molecule has 0 unspecified atom stereocenters. The molecule has 0 heterocycles. The third kappa shape index (κ3) is 5.83. The molecule has 0 aromatic heterocycles. The molecule has 0 saturated carbocycles. The zero-order chi connectivity index (χ0) is 20.9. The van der Waals surface area contributed by atoms with Gasteiger partial charge in [0, 0.05) is 17.8 Å². The average molecular weight is 447 g/mol. The van der Waals surface area contributed by atoms with Crippen LogP contribution in [0.25, 0.3) is 0 Å². The van der Waals surface area contributed by atoms with Crippen LogP contribution in [-0.2, 0) is 15.0 Å². The fourth-order valence-electron chi connectivity index (χ4n) is 2.56. The van der Waals surface area contributed by atoms with Gasteiger partial charge in [0.2, 0.25) is 5.91 Å². The van der Waals surface area contributed by atoms with Crippen LogP contribution in [0.2, 0.25) is 0 Å². The molecule has 0 aliphatic carbocycles. The third-order valence-corrected chi connectivity index (χ3v) is 4.98. The van der Waals surface area contributed by atoms with Crippen LogP contribution < -0.4 is 15.4 Å². The summed E-state index contributed by atoms with van der Waals surface area (Å²) in [6.07, 6.45) is 0.396. The monoisotopic (exact) mass is 446 g/mol. The highest BCUT2D eigenvalue weighted by Gasteiger charge is 2.16. The lowest BCUT2D eigenvalue weighted by Gasteiger charge is -2.20. The molecule has 2 aromatic rings. The minimum Gasteiger partial charge on any atom is -0.483 e. The van der Waals surface area contributed by atoms with Crippen molar-refractivity contribution in [2.75, 3.05) is 17.2 Å². The summed E-state index contributed by atoms with van der Waals surface area (Å²) in [7, 11) is 0. The van der Waals surface area contributed by atoms with Gasteiger partial charge in [0.25, 0.3) is 5.91 Å². The van der Waals surface area contributed by atoms with Crippen molar-refractivity contribution in [1.82, 2.24) is 0 Å². The van der Waals surface area contributed by atoms with Gasteiger partial charge in [0.05, 0.1) is 4.47 Å². The first-order valence-electron chi connectivity index (χ1n) is 9.24. The van der Waals surface area contributed by atoms with E-state index >= 15 is 0 Å². The van der Waals surface area contributed by atoms with Crippen molar-refractivity contribution < 1.29 is 14.3 Å². The lowest BCUT2D eigenvalue weighted by Crippen LogP contribution is -2.21. The normalized spacial score (nSPS) is 11.1. The van der Waals surface area contributed by atoms with E-state index in [4.69, 9.17) is 4.74 Å². The molecule has 0 saturated heterocycles. The summed E-state index contributed by atoms with van der Waals surface area (Å²) in [6, 6.07) is 11.3. The summed E-state index contributed by atoms with van der Waals surface area (Å²) in [6.45, 7) is 9.95. The number of ether oxygens (including phenoxy) is 1. The van der Waals surface area contributed by atoms with E-state index in [0.29, 0.717) is 23.5 Å². The molecular weight excluding hydrogens is 420 g/mol. The van der Waals surface area contributed by atoms with Crippen LogP contribution in [0.1, 0.15) is 45.2 Å². The predicted molar refractivity (Wildman–Crippen MR) is 117 cm³/mol. The van der Waals surface area contributed by atoms with Gasteiger partial charge in [-0.25, -0.2) is 0 Å². The Hall–Kier alpha value is -2.34. The number of carbonyl (C=O) groups excluding carboxylic acids is 2. The molecule has 0 aliphatic heterocycles. The maximum Gasteiger partial charge on any atom is 0.262 e. The fraction of sp³-hybridized carbons (Fsp3) is 0.364. The Morgan fingerprint density at radius 3 is 2.18 bits per heavy atom. The molecule has 150 valence electrons. The first-order chi connectivity index (χ1) is 13.1. The van der Waals surface area contributed by atoms with Gasteiger partial charge < -0.3 is 15.4 Å². The summed E-state index contributed by atoms with van der Waals surface area (Å²) in [5.41, 5.74) is 3.34. The second-order valence-corrected chi connectivity index (χ2v) is 8.47. The SMILES string of the molecule is CCC(=O)Nc1cccc(NC(=O)COc2ccc(C(C)(C)C)cc2Br)c1C. The highest BCUT2D eigenvalue weighted by Crippen LogP contribution is 2.31. The largest absolute Gasteiger partial charge is 0.483 e. The maximum atomic E-state index is 12.3. The van der Waals surface area contributed by atoms with Gasteiger partial charge >= 0.3 is 0 Å². The highest BCUT2D eigenvalue weighted by atomic mass is 79.9. The third-order valence-electron chi connectivity index (χ3n) is 4.36. The smallest absolute Gasteiger partial charge is 0.262 e. The molecule has 5 nitrogen and oxygen atoms in total. The summed E-state index contributed by atoms with van der Waals surface area (Å²) in [4.78, 5) is 23.9. The highest BCUT2D eigenvalue weighted by molar-refractivity contribution is 9.10. The van der Waals surface area contributed by atoms with Crippen LogP contribution in [0.4, 0.5) is 11.4 Å². The summed E-state index contributed by atoms with van der Waals surface area (Å²) in [5.74, 6) is 0.274. The van der Waals surface area contributed by atoms with Gasteiger partial charge in [-0.15, -0.1) is 0 Å². The number of benzene rings is 2. The van der Waals surface area contributed by atoms with Crippen LogP contribution in [-0.4, -0.2) is 18.4 Å². The lowest BCUT2D eigenvalue weighted by atomic mass is 9.87. The van der Waals surface area contributed by atoms with E-state index in [1.807, 2.05) is 31.2 Å². The van der Waals surface area contributed by atoms with E-state index in [-0.39, 0.29) is 23.8 Å². The number of amides is 2. The van der Waals surface area contributed by atoms with Gasteiger partial charge in [0.15, 0.2) is 6.61 Å². The van der Waals surface area contributed by atoms with Crippen molar-refractivity contribution >= 4 is 39.1 Å². The lowest BCUT2D eigenvalue weighted by molar-refractivity contribution is -0.118. The molecule has 2 N–H and O–H groups in total. The van der Waals surface area contributed by atoms with E-state index < -0.39 is 0 Å². The molecule has 0 atom stereocenters. The molecule has 28 heavy (non-hydrogen) atoms. The Kier molecular flexibility index (Phi) is 7.24. The zero-order valence-electron chi connectivity index (χ0n) is 17.0. The predicted octanol–water partition coefficient (Wildman–Crippen LogP) is 5.42. The Morgan fingerprint density at radius 2 is 1.64 bits per heavy atom. The van der Waals surface area contributed by atoms with Crippen molar-refractivity contribution in [1.29, 1.82) is 0 Å². The van der Waals surface area contributed by atoms with Crippen molar-refractivity contribution in [3.63, 3.8) is 0 Å². The Morgan fingerprint density at radius 1 is 1.04 bits per heavy atom. The Balaban J connectivity index is 2.02. The van der Waals surface area contributed by atoms with Gasteiger partial charge in [0.1, 0.15) is 5.75 Å². The molecule has 0 radical (unpaired) electrons. The molecule has 6 heteroatoms. The average Bonchev–Trinajstić information content (AvgIpc) is 2.63. The zero-order valence-corrected chi connectivity index (χ0v) is 18.6. The van der Waals surface area contributed by atoms with Crippen molar-refractivity contribution in [3.05, 3.63) is 52.0 Å². The molecule has 0 spiro atoms. The Bertz CT molecular complexity index is 873. The van der Waals surface area contributed by atoms with Crippen molar-refractivity contribution in [2.24, 2.45) is 0 Å². The van der Waals surface area contributed by atoms with Gasteiger partial charge in [-0.3, -0.25) is 9.59 Å². The van der Waals surface area contributed by atoms with Crippen molar-refractivity contribution in [2.45, 2.75) is 46.5 Å². The number of carbonyl (C=O) groups is 2. The molecular formula is C22H27BrN2O3. The van der Waals surface area contributed by atoms with Crippen molar-refractivity contribution in [3.8, 4) is 5.75 Å². The molecule has 0 bridgehead atoms. The van der Waals surface area contributed by atoms with E-state index in [9.17, 15) is 9.59 Å². The quantitative estimate of drug-likeness (QED) is 0.621. The minimum absolute atomic E-state index is 0.0359. The van der Waals surface area contributed by atoms with Crippen LogP contribution in [0, 0.1) is 6.92 Å². The number of nitrogens with one attached hydrogen (secondary N) is 2. The number of rotatable bonds is 6. The number of halogens is 1. The number of hydrogen-bond donors (Lipinski definition) is 2. The number of anilines is 2. The van der Waals surface area contributed by atoms with E-state index in [1.54, 1.807) is 19.1 Å². The molecule has 0 aliphatic rings. The number of hydrogen-bond acceptors (Lipinski definition) is 3. The minimum atomic E-state index is -0.270. The summed E-state index contributed by atoms with van der Waals surface area (Å²) in [5, 5.41) is 5.67. The Labute approximate surface area is 175 Å².